The first-order valence-corrected chi connectivity index (χ1v) is 12.4. The molecule has 4 aromatic rings. The van der Waals surface area contributed by atoms with Crippen molar-refractivity contribution in [2.45, 2.75) is 18.9 Å². The van der Waals surface area contributed by atoms with Gasteiger partial charge < -0.3 is 9.64 Å². The van der Waals surface area contributed by atoms with E-state index in [0.29, 0.717) is 6.04 Å². The first-order valence-electron chi connectivity index (χ1n) is 11.0. The zero-order valence-corrected chi connectivity index (χ0v) is 18.8. The Bertz CT molecular complexity index is 1110. The van der Waals surface area contributed by atoms with E-state index < -0.39 is 7.92 Å². The maximum atomic E-state index is 5.62. The number of hydrogen-bond donors (Lipinski definition) is 0. The van der Waals surface area contributed by atoms with Gasteiger partial charge in [-0.3, -0.25) is 0 Å². The van der Waals surface area contributed by atoms with Crippen molar-refractivity contribution in [3.8, 4) is 0 Å². The molecule has 156 valence electrons. The number of anilines is 1. The Morgan fingerprint density at radius 1 is 0.806 bits per heavy atom. The highest BCUT2D eigenvalue weighted by atomic mass is 31.1. The number of methoxy groups -OCH3 is 1. The molecule has 0 saturated carbocycles. The summed E-state index contributed by atoms with van der Waals surface area (Å²) in [6.07, 6.45) is 2.40. The second kappa shape index (κ2) is 9.22. The highest BCUT2D eigenvalue weighted by Gasteiger charge is 2.30. The molecule has 1 aliphatic rings. The Hall–Kier alpha value is -2.67. The van der Waals surface area contributed by atoms with E-state index in [9.17, 15) is 0 Å². The third-order valence-electron chi connectivity index (χ3n) is 6.17. The fourth-order valence-electron chi connectivity index (χ4n) is 4.80. The molecule has 4 aromatic carbocycles. The van der Waals surface area contributed by atoms with Crippen molar-refractivity contribution in [3.63, 3.8) is 0 Å². The number of rotatable bonds is 6. The summed E-state index contributed by atoms with van der Waals surface area (Å²) in [4.78, 5) is 2.63. The van der Waals surface area contributed by atoms with E-state index in [1.807, 2.05) is 7.11 Å². The zero-order valence-electron chi connectivity index (χ0n) is 17.9. The Balaban J connectivity index is 1.76. The minimum atomic E-state index is -0.667. The second-order valence-corrected chi connectivity index (χ2v) is 10.3. The van der Waals surface area contributed by atoms with Crippen molar-refractivity contribution in [2.24, 2.45) is 0 Å². The lowest BCUT2D eigenvalue weighted by Gasteiger charge is -2.32. The fourth-order valence-corrected chi connectivity index (χ4v) is 7.28. The van der Waals surface area contributed by atoms with Crippen molar-refractivity contribution in [3.05, 3.63) is 97.1 Å². The van der Waals surface area contributed by atoms with E-state index >= 15 is 0 Å². The predicted molar refractivity (Wildman–Crippen MR) is 135 cm³/mol. The first-order chi connectivity index (χ1) is 15.4. The molecule has 1 atom stereocenters. The Kier molecular flexibility index (Phi) is 6.02. The molecule has 5 rings (SSSR count). The largest absolute Gasteiger partial charge is 0.383 e. The van der Waals surface area contributed by atoms with Gasteiger partial charge in [0.25, 0.3) is 0 Å². The number of fused-ring (bicyclic) bond motifs is 1. The van der Waals surface area contributed by atoms with Gasteiger partial charge in [0.1, 0.15) is 0 Å². The van der Waals surface area contributed by atoms with Crippen LogP contribution in [0.15, 0.2) is 97.1 Å². The van der Waals surface area contributed by atoms with E-state index in [1.165, 1.54) is 45.2 Å². The summed E-state index contributed by atoms with van der Waals surface area (Å²) < 4.78 is 5.62. The standard InChI is InChI=1S/C28H28NOP/c1-30-21-23-12-10-20-29(23)28-26-17-9-8-11-22(26)18-19-27(28)31(24-13-4-2-5-14-24)25-15-6-3-7-16-25/h2-9,11,13-19,23H,10,12,20-21H2,1H3/t23-/m1/s1. The van der Waals surface area contributed by atoms with Gasteiger partial charge in [-0.2, -0.15) is 0 Å². The van der Waals surface area contributed by atoms with Crippen LogP contribution in [0.4, 0.5) is 5.69 Å². The van der Waals surface area contributed by atoms with E-state index in [4.69, 9.17) is 4.74 Å². The van der Waals surface area contributed by atoms with Crippen LogP contribution in [0.1, 0.15) is 12.8 Å². The second-order valence-electron chi connectivity index (χ2n) is 8.11. The van der Waals surface area contributed by atoms with Crippen molar-refractivity contribution < 1.29 is 4.74 Å². The van der Waals surface area contributed by atoms with Crippen molar-refractivity contribution >= 4 is 40.3 Å². The molecular formula is C28H28NOP. The fraction of sp³-hybridized carbons (Fsp3) is 0.214. The number of benzene rings is 4. The van der Waals surface area contributed by atoms with Gasteiger partial charge in [-0.15, -0.1) is 0 Å². The summed E-state index contributed by atoms with van der Waals surface area (Å²) in [7, 11) is 1.15. The van der Waals surface area contributed by atoms with Crippen LogP contribution in [0, 0.1) is 0 Å². The summed E-state index contributed by atoms with van der Waals surface area (Å²) in [5.41, 5.74) is 1.40. The monoisotopic (exact) mass is 425 g/mol. The van der Waals surface area contributed by atoms with Gasteiger partial charge in [-0.25, -0.2) is 0 Å². The predicted octanol–water partition coefficient (Wildman–Crippen LogP) is 5.21. The summed E-state index contributed by atoms with van der Waals surface area (Å²) in [5, 5.41) is 6.88. The normalized spacial score (nSPS) is 16.3. The highest BCUT2D eigenvalue weighted by molar-refractivity contribution is 7.80. The molecule has 0 aromatic heterocycles. The van der Waals surface area contributed by atoms with Crippen LogP contribution in [0.2, 0.25) is 0 Å². The molecule has 2 nitrogen and oxygen atoms in total. The maximum Gasteiger partial charge on any atom is 0.0666 e. The lowest BCUT2D eigenvalue weighted by atomic mass is 10.1. The maximum absolute atomic E-state index is 5.62. The quantitative estimate of drug-likeness (QED) is 0.393. The van der Waals surface area contributed by atoms with Crippen LogP contribution >= 0.6 is 7.92 Å². The highest BCUT2D eigenvalue weighted by Crippen LogP contribution is 2.41. The van der Waals surface area contributed by atoms with Gasteiger partial charge in [0.05, 0.1) is 18.3 Å². The molecule has 0 spiro atoms. The average Bonchev–Trinajstić information content (AvgIpc) is 3.28. The molecule has 3 heteroatoms. The lowest BCUT2D eigenvalue weighted by Crippen LogP contribution is -2.37. The summed E-state index contributed by atoms with van der Waals surface area (Å²) >= 11 is 0. The van der Waals surface area contributed by atoms with Gasteiger partial charge in [-0.1, -0.05) is 97.1 Å². The molecule has 31 heavy (non-hydrogen) atoms. The van der Waals surface area contributed by atoms with Crippen LogP contribution in [0.3, 0.4) is 0 Å². The van der Waals surface area contributed by atoms with E-state index in [0.717, 1.165) is 13.2 Å². The summed E-state index contributed by atoms with van der Waals surface area (Å²) in [6.45, 7) is 1.86. The molecule has 0 amide bonds. The van der Waals surface area contributed by atoms with E-state index in [1.54, 1.807) is 0 Å². The topological polar surface area (TPSA) is 12.5 Å². The van der Waals surface area contributed by atoms with Crippen molar-refractivity contribution in [1.82, 2.24) is 0 Å². The van der Waals surface area contributed by atoms with Crippen molar-refractivity contribution in [2.75, 3.05) is 25.2 Å². The van der Waals surface area contributed by atoms with Gasteiger partial charge in [0.2, 0.25) is 0 Å². The van der Waals surface area contributed by atoms with Crippen LogP contribution in [-0.2, 0) is 4.74 Å². The van der Waals surface area contributed by atoms with Gasteiger partial charge in [-0.05, 0) is 36.8 Å². The summed E-state index contributed by atoms with van der Waals surface area (Å²) in [6, 6.07) is 36.0. The third kappa shape index (κ3) is 3.99. The van der Waals surface area contributed by atoms with Crippen LogP contribution in [0.25, 0.3) is 10.8 Å². The zero-order chi connectivity index (χ0) is 21.0. The first kappa shape index (κ1) is 20.2. The molecule has 0 bridgehead atoms. The molecule has 1 aliphatic heterocycles. The van der Waals surface area contributed by atoms with Crippen LogP contribution < -0.4 is 20.8 Å². The van der Waals surface area contributed by atoms with Crippen molar-refractivity contribution in [1.29, 1.82) is 0 Å². The molecule has 1 heterocycles. The molecular weight excluding hydrogens is 397 g/mol. The Morgan fingerprint density at radius 3 is 2.13 bits per heavy atom. The minimum absolute atomic E-state index is 0.429. The lowest BCUT2D eigenvalue weighted by molar-refractivity contribution is 0.181. The molecule has 0 unspecified atom stereocenters. The average molecular weight is 426 g/mol. The Labute approximate surface area is 186 Å². The van der Waals surface area contributed by atoms with Gasteiger partial charge in [0, 0.05) is 24.3 Å². The van der Waals surface area contributed by atoms with Gasteiger partial charge in [0.15, 0.2) is 0 Å². The SMILES string of the molecule is COC[C@H]1CCCN1c1c(P(c2ccccc2)c2ccccc2)ccc2ccccc12. The van der Waals surface area contributed by atoms with Crippen LogP contribution in [0.5, 0.6) is 0 Å². The number of ether oxygens (including phenoxy) is 1. The van der Waals surface area contributed by atoms with E-state index in [-0.39, 0.29) is 0 Å². The number of nitrogens with zero attached hydrogens (tertiary/aromatic N) is 1. The van der Waals surface area contributed by atoms with E-state index in [2.05, 4.69) is 102 Å². The molecule has 0 aliphatic carbocycles. The van der Waals surface area contributed by atoms with Gasteiger partial charge >= 0.3 is 0 Å². The third-order valence-corrected chi connectivity index (χ3v) is 8.64. The van der Waals surface area contributed by atoms with Crippen LogP contribution in [-0.4, -0.2) is 26.3 Å². The number of hydrogen-bond acceptors (Lipinski definition) is 2. The molecule has 0 N–H and O–H groups in total. The Morgan fingerprint density at radius 2 is 1.45 bits per heavy atom. The smallest absolute Gasteiger partial charge is 0.0666 e. The molecule has 1 fully saturated rings. The molecule has 0 radical (unpaired) electrons. The summed E-state index contributed by atoms with van der Waals surface area (Å²) in [5.74, 6) is 0. The minimum Gasteiger partial charge on any atom is -0.383 e. The molecule has 1 saturated heterocycles.